The standard InChI is InChI=1S/C11H10N6OS2/c1-5-4-7(18)14-11(13-5)20-9-6-2-3-19-8(6)15-10(16-9)17-12/h2-4H,12H2,1H3,(H,13,14,18)(H,15,16,17). The zero-order valence-corrected chi connectivity index (χ0v) is 12.0. The van der Waals surface area contributed by atoms with E-state index in [2.05, 4.69) is 25.4 Å². The maximum atomic E-state index is 11.5. The number of nitrogens with one attached hydrogen (secondary N) is 2. The Kier molecular flexibility index (Phi) is 3.38. The Balaban J connectivity index is 2.09. The maximum absolute atomic E-state index is 11.5. The van der Waals surface area contributed by atoms with Crippen molar-refractivity contribution in [1.82, 2.24) is 19.9 Å². The number of aryl methyl sites for hydroxylation is 1. The average Bonchev–Trinajstić information content (AvgIpc) is 2.85. The van der Waals surface area contributed by atoms with Gasteiger partial charge in [0.2, 0.25) is 5.95 Å². The third-order valence-corrected chi connectivity index (χ3v) is 4.16. The van der Waals surface area contributed by atoms with Gasteiger partial charge >= 0.3 is 0 Å². The quantitative estimate of drug-likeness (QED) is 0.291. The number of rotatable bonds is 3. The molecule has 0 amide bonds. The van der Waals surface area contributed by atoms with E-state index in [-0.39, 0.29) is 5.56 Å². The first-order valence-corrected chi connectivity index (χ1v) is 7.33. The lowest BCUT2D eigenvalue weighted by Gasteiger charge is -2.05. The van der Waals surface area contributed by atoms with E-state index in [4.69, 9.17) is 5.84 Å². The molecule has 0 fully saturated rings. The Morgan fingerprint density at radius 1 is 1.40 bits per heavy atom. The first-order chi connectivity index (χ1) is 9.65. The van der Waals surface area contributed by atoms with Crippen molar-refractivity contribution in [3.63, 3.8) is 0 Å². The minimum absolute atomic E-state index is 0.187. The Morgan fingerprint density at radius 3 is 3.00 bits per heavy atom. The highest BCUT2D eigenvalue weighted by atomic mass is 32.2. The highest BCUT2D eigenvalue weighted by Crippen LogP contribution is 2.32. The van der Waals surface area contributed by atoms with Gasteiger partial charge in [0.25, 0.3) is 5.56 Å². The lowest BCUT2D eigenvalue weighted by atomic mass is 10.4. The number of aromatic amines is 1. The van der Waals surface area contributed by atoms with Crippen LogP contribution in [-0.4, -0.2) is 19.9 Å². The van der Waals surface area contributed by atoms with E-state index in [1.165, 1.54) is 29.2 Å². The number of nitrogens with zero attached hydrogens (tertiary/aromatic N) is 3. The van der Waals surface area contributed by atoms with Crippen molar-refractivity contribution in [1.29, 1.82) is 0 Å². The van der Waals surface area contributed by atoms with Crippen molar-refractivity contribution in [2.24, 2.45) is 5.84 Å². The molecule has 20 heavy (non-hydrogen) atoms. The summed E-state index contributed by atoms with van der Waals surface area (Å²) in [6.45, 7) is 1.77. The van der Waals surface area contributed by atoms with Gasteiger partial charge < -0.3 is 4.98 Å². The molecule has 0 saturated heterocycles. The van der Waals surface area contributed by atoms with Crippen molar-refractivity contribution in [3.8, 4) is 0 Å². The predicted octanol–water partition coefficient (Wildman–Crippen LogP) is 1.52. The van der Waals surface area contributed by atoms with Crippen LogP contribution in [0.25, 0.3) is 10.2 Å². The van der Waals surface area contributed by atoms with Crippen molar-refractivity contribution in [2.75, 3.05) is 5.43 Å². The van der Waals surface area contributed by atoms with Crippen LogP contribution < -0.4 is 16.8 Å². The minimum Gasteiger partial charge on any atom is -0.301 e. The summed E-state index contributed by atoms with van der Waals surface area (Å²) >= 11 is 2.77. The number of nitrogen functional groups attached to an aromatic ring is 1. The van der Waals surface area contributed by atoms with Crippen molar-refractivity contribution < 1.29 is 0 Å². The van der Waals surface area contributed by atoms with Gasteiger partial charge in [0.05, 0.1) is 0 Å². The van der Waals surface area contributed by atoms with Crippen LogP contribution in [0.1, 0.15) is 5.69 Å². The third kappa shape index (κ3) is 2.50. The number of aromatic nitrogens is 4. The molecule has 3 aromatic rings. The fourth-order valence-electron chi connectivity index (χ4n) is 1.66. The molecule has 0 radical (unpaired) electrons. The summed E-state index contributed by atoms with van der Waals surface area (Å²) in [5.41, 5.74) is 2.91. The molecular formula is C11H10N6OS2. The number of fused-ring (bicyclic) bond motifs is 1. The lowest BCUT2D eigenvalue weighted by Crippen LogP contribution is -2.11. The van der Waals surface area contributed by atoms with E-state index >= 15 is 0 Å². The van der Waals surface area contributed by atoms with Crippen LogP contribution in [0.5, 0.6) is 0 Å². The second-order valence-electron chi connectivity index (χ2n) is 3.93. The number of anilines is 1. The molecule has 0 aliphatic rings. The van der Waals surface area contributed by atoms with Gasteiger partial charge in [-0.3, -0.25) is 10.2 Å². The zero-order valence-electron chi connectivity index (χ0n) is 10.4. The van der Waals surface area contributed by atoms with Crippen LogP contribution in [0.15, 0.2) is 32.5 Å². The number of nitrogens with two attached hydrogens (primary N) is 1. The summed E-state index contributed by atoms with van der Waals surface area (Å²) in [7, 11) is 0. The number of hydrogen-bond donors (Lipinski definition) is 3. The summed E-state index contributed by atoms with van der Waals surface area (Å²) in [6, 6.07) is 3.37. The van der Waals surface area contributed by atoms with Crippen LogP contribution in [0.2, 0.25) is 0 Å². The molecule has 0 aliphatic carbocycles. The molecule has 7 nitrogen and oxygen atoms in total. The SMILES string of the molecule is Cc1cc(=O)[nH]c(Sc2nc(NN)nc3sccc23)n1. The van der Waals surface area contributed by atoms with Gasteiger partial charge in [0.15, 0.2) is 5.16 Å². The largest absolute Gasteiger partial charge is 0.301 e. The van der Waals surface area contributed by atoms with Gasteiger partial charge in [-0.15, -0.1) is 11.3 Å². The maximum Gasteiger partial charge on any atom is 0.251 e. The molecule has 0 bridgehead atoms. The monoisotopic (exact) mass is 306 g/mol. The Bertz CT molecular complexity index is 827. The van der Waals surface area contributed by atoms with Gasteiger partial charge in [-0.05, 0) is 30.1 Å². The molecule has 102 valence electrons. The number of hydrogen-bond acceptors (Lipinski definition) is 8. The number of thiophene rings is 1. The van der Waals surface area contributed by atoms with E-state index in [9.17, 15) is 4.79 Å². The average molecular weight is 306 g/mol. The van der Waals surface area contributed by atoms with E-state index in [0.717, 1.165) is 10.2 Å². The molecule has 0 spiro atoms. The van der Waals surface area contributed by atoms with E-state index in [1.807, 2.05) is 11.4 Å². The number of H-pyrrole nitrogens is 1. The van der Waals surface area contributed by atoms with Gasteiger partial charge in [-0.2, -0.15) is 0 Å². The van der Waals surface area contributed by atoms with Crippen molar-refractivity contribution >= 4 is 39.3 Å². The molecule has 0 saturated carbocycles. The van der Waals surface area contributed by atoms with Crippen LogP contribution >= 0.6 is 23.1 Å². The molecule has 0 atom stereocenters. The molecule has 9 heteroatoms. The first kappa shape index (κ1) is 13.0. The Morgan fingerprint density at radius 2 is 2.25 bits per heavy atom. The van der Waals surface area contributed by atoms with Crippen LogP contribution in [-0.2, 0) is 0 Å². The predicted molar refractivity (Wildman–Crippen MR) is 78.9 cm³/mol. The summed E-state index contributed by atoms with van der Waals surface area (Å²) in [6.07, 6.45) is 0. The highest BCUT2D eigenvalue weighted by molar-refractivity contribution is 7.99. The lowest BCUT2D eigenvalue weighted by molar-refractivity contribution is 0.902. The van der Waals surface area contributed by atoms with Gasteiger partial charge in [0.1, 0.15) is 9.86 Å². The van der Waals surface area contributed by atoms with E-state index in [0.29, 0.717) is 21.8 Å². The fraction of sp³-hybridized carbons (Fsp3) is 0.0909. The topological polar surface area (TPSA) is 110 Å². The van der Waals surface area contributed by atoms with Gasteiger partial charge in [0, 0.05) is 17.1 Å². The summed E-state index contributed by atoms with van der Waals surface area (Å²) in [4.78, 5) is 27.8. The van der Waals surface area contributed by atoms with Crippen molar-refractivity contribution in [2.45, 2.75) is 17.1 Å². The van der Waals surface area contributed by atoms with Crippen LogP contribution in [0.4, 0.5) is 5.95 Å². The normalized spacial score (nSPS) is 10.9. The molecule has 0 aliphatic heterocycles. The fourth-order valence-corrected chi connectivity index (χ4v) is 3.42. The molecule has 3 rings (SSSR count). The highest BCUT2D eigenvalue weighted by Gasteiger charge is 2.11. The van der Waals surface area contributed by atoms with E-state index in [1.54, 1.807) is 6.92 Å². The molecular weight excluding hydrogens is 296 g/mol. The van der Waals surface area contributed by atoms with Crippen molar-refractivity contribution in [3.05, 3.63) is 33.6 Å². The molecule has 4 N–H and O–H groups in total. The minimum atomic E-state index is -0.187. The molecule has 3 heterocycles. The first-order valence-electron chi connectivity index (χ1n) is 5.63. The summed E-state index contributed by atoms with van der Waals surface area (Å²) in [5.74, 6) is 5.70. The van der Waals surface area contributed by atoms with Gasteiger partial charge in [-0.1, -0.05) is 0 Å². The number of hydrazine groups is 1. The summed E-state index contributed by atoms with van der Waals surface area (Å²) < 4.78 is 0. The molecule has 0 aromatic carbocycles. The Hall–Kier alpha value is -1.97. The summed E-state index contributed by atoms with van der Waals surface area (Å²) in [5, 5.41) is 4.01. The third-order valence-electron chi connectivity index (χ3n) is 2.46. The second-order valence-corrected chi connectivity index (χ2v) is 5.80. The second kappa shape index (κ2) is 5.19. The van der Waals surface area contributed by atoms with Gasteiger partial charge in [-0.25, -0.2) is 20.8 Å². The zero-order chi connectivity index (χ0) is 14.1. The Labute approximate surface area is 121 Å². The van der Waals surface area contributed by atoms with Crippen LogP contribution in [0, 0.1) is 6.92 Å². The smallest absolute Gasteiger partial charge is 0.251 e. The molecule has 0 unspecified atom stereocenters. The van der Waals surface area contributed by atoms with Crippen LogP contribution in [0.3, 0.4) is 0 Å². The van der Waals surface area contributed by atoms with E-state index < -0.39 is 0 Å². The molecule has 3 aromatic heterocycles.